The standard InChI is InChI=1S/C22H24F3N5O3/c1-30(10-18(31)29-21(6-7-21)22(23,24)25)20-15-3-2-4-16(15)27-19(28-20)17-9-13(5-8-26-17)33-14-11-32-12-14/h5,8-9,14H,2-4,6-7,10-12H2,1H3,(H,29,31). The molecule has 1 amide bonds. The molecule has 11 heteroatoms. The minimum Gasteiger partial charge on any atom is -0.485 e. The van der Waals surface area contributed by atoms with Crippen LogP contribution in [0.15, 0.2) is 18.3 Å². The molecular weight excluding hydrogens is 439 g/mol. The number of anilines is 1. The van der Waals surface area contributed by atoms with Crippen molar-refractivity contribution in [3.05, 3.63) is 29.6 Å². The molecule has 0 aromatic carbocycles. The molecule has 3 aliphatic rings. The number of aromatic nitrogens is 3. The van der Waals surface area contributed by atoms with Gasteiger partial charge in [0.05, 0.1) is 19.8 Å². The lowest BCUT2D eigenvalue weighted by atomic mass is 10.2. The molecule has 2 fully saturated rings. The van der Waals surface area contributed by atoms with E-state index in [1.165, 1.54) is 0 Å². The number of halogens is 3. The van der Waals surface area contributed by atoms with Gasteiger partial charge in [-0.2, -0.15) is 13.2 Å². The number of carbonyl (C=O) groups is 1. The fourth-order valence-corrected chi connectivity index (χ4v) is 4.13. The number of hydrogen-bond acceptors (Lipinski definition) is 7. The van der Waals surface area contributed by atoms with Gasteiger partial charge >= 0.3 is 6.18 Å². The van der Waals surface area contributed by atoms with E-state index in [-0.39, 0.29) is 25.5 Å². The minimum absolute atomic E-state index is 0.00727. The Labute approximate surface area is 188 Å². The number of aryl methyl sites for hydroxylation is 1. The first-order valence-electron chi connectivity index (χ1n) is 10.9. The third-order valence-corrected chi connectivity index (χ3v) is 6.20. The van der Waals surface area contributed by atoms with Crippen LogP contribution in [0.2, 0.25) is 0 Å². The van der Waals surface area contributed by atoms with Gasteiger partial charge in [0.2, 0.25) is 5.91 Å². The van der Waals surface area contributed by atoms with Crippen molar-refractivity contribution in [2.75, 3.05) is 31.7 Å². The van der Waals surface area contributed by atoms with E-state index in [0.29, 0.717) is 36.3 Å². The van der Waals surface area contributed by atoms with Crippen LogP contribution in [-0.4, -0.2) is 65.5 Å². The lowest BCUT2D eigenvalue weighted by molar-refractivity contribution is -0.170. The van der Waals surface area contributed by atoms with Crippen molar-refractivity contribution in [3.63, 3.8) is 0 Å². The molecule has 3 heterocycles. The Morgan fingerprint density at radius 2 is 2.09 bits per heavy atom. The molecule has 1 N–H and O–H groups in total. The Hall–Kier alpha value is -2.95. The van der Waals surface area contributed by atoms with Gasteiger partial charge in [-0.1, -0.05) is 0 Å². The molecule has 5 rings (SSSR count). The van der Waals surface area contributed by atoms with Gasteiger partial charge in [-0.15, -0.1) is 0 Å². The van der Waals surface area contributed by atoms with E-state index in [0.717, 1.165) is 30.5 Å². The molecule has 33 heavy (non-hydrogen) atoms. The molecule has 0 spiro atoms. The number of hydrogen-bond donors (Lipinski definition) is 1. The summed E-state index contributed by atoms with van der Waals surface area (Å²) >= 11 is 0. The van der Waals surface area contributed by atoms with Crippen LogP contribution < -0.4 is 15.0 Å². The van der Waals surface area contributed by atoms with Crippen LogP contribution in [0.25, 0.3) is 11.5 Å². The van der Waals surface area contributed by atoms with Crippen LogP contribution in [0.5, 0.6) is 5.75 Å². The molecule has 1 aliphatic heterocycles. The summed E-state index contributed by atoms with van der Waals surface area (Å²) in [5.41, 5.74) is 0.233. The van der Waals surface area contributed by atoms with Crippen LogP contribution in [0, 0.1) is 0 Å². The van der Waals surface area contributed by atoms with Crippen molar-refractivity contribution >= 4 is 11.7 Å². The monoisotopic (exact) mass is 463 g/mol. The lowest BCUT2D eigenvalue weighted by Gasteiger charge is -2.26. The largest absolute Gasteiger partial charge is 0.485 e. The fraction of sp³-hybridized carbons (Fsp3) is 0.545. The predicted octanol–water partition coefficient (Wildman–Crippen LogP) is 2.45. The molecule has 2 aromatic heterocycles. The molecule has 2 aromatic rings. The summed E-state index contributed by atoms with van der Waals surface area (Å²) in [6.07, 6.45) is -0.583. The van der Waals surface area contributed by atoms with Gasteiger partial charge in [-0.05, 0) is 38.2 Å². The van der Waals surface area contributed by atoms with E-state index < -0.39 is 17.6 Å². The number of pyridine rings is 1. The van der Waals surface area contributed by atoms with E-state index in [1.807, 2.05) is 0 Å². The zero-order valence-electron chi connectivity index (χ0n) is 18.1. The maximum Gasteiger partial charge on any atom is 0.411 e. The quantitative estimate of drug-likeness (QED) is 0.675. The fourth-order valence-electron chi connectivity index (χ4n) is 4.13. The SMILES string of the molecule is CN(CC(=O)NC1(C(F)(F)F)CC1)c1nc(-c2cc(OC3COC3)ccn2)nc2c1CCC2. The molecule has 1 saturated heterocycles. The highest BCUT2D eigenvalue weighted by Crippen LogP contribution is 2.48. The highest BCUT2D eigenvalue weighted by Gasteiger charge is 2.64. The van der Waals surface area contributed by atoms with Gasteiger partial charge in [0.1, 0.15) is 28.9 Å². The Bertz CT molecular complexity index is 1070. The van der Waals surface area contributed by atoms with E-state index in [2.05, 4.69) is 20.3 Å². The third kappa shape index (κ3) is 4.33. The third-order valence-electron chi connectivity index (χ3n) is 6.20. The molecule has 1 saturated carbocycles. The number of likely N-dealkylation sites (N-methyl/N-ethyl adjacent to an activating group) is 1. The Balaban J connectivity index is 1.37. The normalized spacial score (nSPS) is 18.9. The number of alkyl halides is 3. The van der Waals surface area contributed by atoms with Gasteiger partial charge in [0.15, 0.2) is 5.82 Å². The number of ether oxygens (including phenoxy) is 2. The first kappa shape index (κ1) is 21.9. The number of carbonyl (C=O) groups excluding carboxylic acids is 1. The van der Waals surface area contributed by atoms with Crippen molar-refractivity contribution in [2.45, 2.75) is 49.9 Å². The average Bonchev–Trinajstić information content (AvgIpc) is 3.37. The Morgan fingerprint density at radius 3 is 2.76 bits per heavy atom. The average molecular weight is 463 g/mol. The van der Waals surface area contributed by atoms with Gasteiger partial charge in [0, 0.05) is 30.6 Å². The van der Waals surface area contributed by atoms with Crippen molar-refractivity contribution in [3.8, 4) is 17.3 Å². The zero-order valence-corrected chi connectivity index (χ0v) is 18.1. The van der Waals surface area contributed by atoms with Crippen LogP contribution >= 0.6 is 0 Å². The van der Waals surface area contributed by atoms with E-state index >= 15 is 0 Å². The summed E-state index contributed by atoms with van der Waals surface area (Å²) in [5, 5.41) is 2.17. The van der Waals surface area contributed by atoms with E-state index in [1.54, 1.807) is 30.3 Å². The summed E-state index contributed by atoms with van der Waals surface area (Å²) in [5.74, 6) is 0.881. The first-order valence-corrected chi connectivity index (χ1v) is 10.9. The molecule has 0 unspecified atom stereocenters. The molecular formula is C22H24F3N5O3. The molecule has 8 nitrogen and oxygen atoms in total. The van der Waals surface area contributed by atoms with Crippen LogP contribution in [-0.2, 0) is 22.4 Å². The topological polar surface area (TPSA) is 89.5 Å². The van der Waals surface area contributed by atoms with Crippen molar-refractivity contribution in [2.24, 2.45) is 0 Å². The molecule has 0 radical (unpaired) electrons. The second kappa shape index (κ2) is 8.12. The summed E-state index contributed by atoms with van der Waals surface area (Å²) in [6.45, 7) is 0.845. The molecule has 0 bridgehead atoms. The lowest BCUT2D eigenvalue weighted by Crippen LogP contribution is -2.50. The van der Waals surface area contributed by atoms with Crippen molar-refractivity contribution in [1.82, 2.24) is 20.3 Å². The molecule has 2 aliphatic carbocycles. The van der Waals surface area contributed by atoms with Crippen molar-refractivity contribution < 1.29 is 27.4 Å². The Morgan fingerprint density at radius 1 is 1.30 bits per heavy atom. The van der Waals surface area contributed by atoms with Crippen LogP contribution in [0.1, 0.15) is 30.5 Å². The maximum atomic E-state index is 13.2. The van der Waals surface area contributed by atoms with Crippen LogP contribution in [0.4, 0.5) is 19.0 Å². The highest BCUT2D eigenvalue weighted by molar-refractivity contribution is 5.82. The number of fused-ring (bicyclic) bond motifs is 1. The van der Waals surface area contributed by atoms with E-state index in [9.17, 15) is 18.0 Å². The van der Waals surface area contributed by atoms with Gasteiger partial charge in [-0.3, -0.25) is 9.78 Å². The van der Waals surface area contributed by atoms with E-state index in [4.69, 9.17) is 9.47 Å². The highest BCUT2D eigenvalue weighted by atomic mass is 19.4. The number of amides is 1. The van der Waals surface area contributed by atoms with Crippen LogP contribution in [0.3, 0.4) is 0 Å². The second-order valence-corrected chi connectivity index (χ2v) is 8.79. The Kier molecular flexibility index (Phi) is 5.38. The second-order valence-electron chi connectivity index (χ2n) is 8.79. The smallest absolute Gasteiger partial charge is 0.411 e. The summed E-state index contributed by atoms with van der Waals surface area (Å²) in [7, 11) is 1.65. The van der Waals surface area contributed by atoms with Gasteiger partial charge in [-0.25, -0.2) is 9.97 Å². The molecule has 0 atom stereocenters. The predicted molar refractivity (Wildman–Crippen MR) is 112 cm³/mol. The summed E-state index contributed by atoms with van der Waals surface area (Å²) < 4.78 is 50.6. The number of rotatable bonds is 7. The maximum absolute atomic E-state index is 13.2. The van der Waals surface area contributed by atoms with Gasteiger partial charge < -0.3 is 19.7 Å². The van der Waals surface area contributed by atoms with Gasteiger partial charge in [0.25, 0.3) is 0 Å². The number of nitrogens with zero attached hydrogens (tertiary/aromatic N) is 4. The zero-order chi connectivity index (χ0) is 23.2. The molecule has 176 valence electrons. The number of nitrogens with one attached hydrogen (secondary N) is 1. The first-order chi connectivity index (χ1) is 15.7. The summed E-state index contributed by atoms with van der Waals surface area (Å²) in [4.78, 5) is 27.7. The van der Waals surface area contributed by atoms with Crippen molar-refractivity contribution in [1.29, 1.82) is 0 Å². The minimum atomic E-state index is -4.45. The summed E-state index contributed by atoms with van der Waals surface area (Å²) in [6, 6.07) is 3.51.